The van der Waals surface area contributed by atoms with Crippen LogP contribution in [0.2, 0.25) is 0 Å². The fourth-order valence-corrected chi connectivity index (χ4v) is 0.873. The molecule has 60 valence electrons. The van der Waals surface area contributed by atoms with Gasteiger partial charge in [-0.25, -0.2) is 0 Å². The molecule has 2 heteroatoms. The van der Waals surface area contributed by atoms with Gasteiger partial charge in [0.05, 0.1) is 12.9 Å². The lowest BCUT2D eigenvalue weighted by Gasteiger charge is -1.89. The smallest absolute Gasteiger partial charge is 0.104 e. The molecule has 2 nitrogen and oxygen atoms in total. The van der Waals surface area contributed by atoms with E-state index in [4.69, 9.17) is 9.52 Å². The van der Waals surface area contributed by atoms with Crippen LogP contribution in [0.4, 0.5) is 0 Å². The van der Waals surface area contributed by atoms with Crippen molar-refractivity contribution in [2.75, 3.05) is 6.61 Å². The van der Waals surface area contributed by atoms with Gasteiger partial charge in [-0.15, -0.1) is 0 Å². The second-order valence-corrected chi connectivity index (χ2v) is 2.27. The minimum atomic E-state index is 0.123. The van der Waals surface area contributed by atoms with Crippen molar-refractivity contribution in [1.82, 2.24) is 0 Å². The highest BCUT2D eigenvalue weighted by atomic mass is 16.3. The molecule has 0 aliphatic heterocycles. The van der Waals surface area contributed by atoms with Crippen LogP contribution in [-0.2, 0) is 6.42 Å². The van der Waals surface area contributed by atoms with Crippen molar-refractivity contribution >= 4 is 0 Å². The number of furan rings is 1. The van der Waals surface area contributed by atoms with Gasteiger partial charge in [-0.1, -0.05) is 12.2 Å². The molecule has 0 spiro atoms. The Bertz CT molecular complexity index is 199. The zero-order valence-corrected chi connectivity index (χ0v) is 6.36. The summed E-state index contributed by atoms with van der Waals surface area (Å²) in [4.78, 5) is 0. The third-order valence-electron chi connectivity index (χ3n) is 1.41. The van der Waals surface area contributed by atoms with Gasteiger partial charge in [-0.05, 0) is 18.6 Å². The van der Waals surface area contributed by atoms with Crippen molar-refractivity contribution in [3.63, 3.8) is 0 Å². The first-order chi connectivity index (χ1) is 5.43. The first kappa shape index (κ1) is 8.08. The molecule has 0 fully saturated rings. The molecule has 0 atom stereocenters. The predicted molar refractivity (Wildman–Crippen MR) is 43.3 cm³/mol. The number of hydrogen-bond acceptors (Lipinski definition) is 2. The van der Waals surface area contributed by atoms with E-state index in [0.29, 0.717) is 0 Å². The molecular weight excluding hydrogens is 140 g/mol. The maximum atomic E-state index is 8.41. The van der Waals surface area contributed by atoms with Crippen molar-refractivity contribution in [3.05, 3.63) is 36.3 Å². The van der Waals surface area contributed by atoms with E-state index in [-0.39, 0.29) is 6.61 Å². The molecular formula is C9H12O2. The molecule has 0 saturated carbocycles. The van der Waals surface area contributed by atoms with Crippen molar-refractivity contribution in [3.8, 4) is 0 Å². The Hall–Kier alpha value is -1.02. The summed E-state index contributed by atoms with van der Waals surface area (Å²) in [6.07, 6.45) is 7.19. The molecule has 0 unspecified atom stereocenters. The van der Waals surface area contributed by atoms with E-state index in [2.05, 4.69) is 0 Å². The fourth-order valence-electron chi connectivity index (χ4n) is 0.873. The number of aryl methyl sites for hydroxylation is 1. The van der Waals surface area contributed by atoms with Crippen molar-refractivity contribution in [1.29, 1.82) is 0 Å². The van der Waals surface area contributed by atoms with Gasteiger partial charge < -0.3 is 9.52 Å². The minimum absolute atomic E-state index is 0.123. The number of rotatable bonds is 4. The largest absolute Gasteiger partial charge is 0.469 e. The Labute approximate surface area is 66.2 Å². The average Bonchev–Trinajstić information content (AvgIpc) is 2.50. The summed E-state index contributed by atoms with van der Waals surface area (Å²) in [5.74, 6) is 0.993. The molecule has 0 amide bonds. The molecule has 1 aromatic rings. The summed E-state index contributed by atoms with van der Waals surface area (Å²) < 4.78 is 5.12. The predicted octanol–water partition coefficient (Wildman–Crippen LogP) is 1.76. The molecule has 0 aromatic carbocycles. The SMILES string of the molecule is OC/C=C/CCc1ccco1. The average molecular weight is 152 g/mol. The van der Waals surface area contributed by atoms with Crippen LogP contribution in [0.3, 0.4) is 0 Å². The molecule has 0 saturated heterocycles. The third-order valence-corrected chi connectivity index (χ3v) is 1.41. The molecule has 1 N–H and O–H groups in total. The first-order valence-electron chi connectivity index (χ1n) is 3.71. The Morgan fingerprint density at radius 3 is 3.00 bits per heavy atom. The van der Waals surface area contributed by atoms with Gasteiger partial charge in [0.15, 0.2) is 0 Å². The Morgan fingerprint density at radius 2 is 2.36 bits per heavy atom. The molecule has 0 radical (unpaired) electrons. The molecule has 11 heavy (non-hydrogen) atoms. The van der Waals surface area contributed by atoms with Crippen LogP contribution in [0.5, 0.6) is 0 Å². The van der Waals surface area contributed by atoms with Crippen LogP contribution in [0.15, 0.2) is 35.0 Å². The summed E-state index contributed by atoms with van der Waals surface area (Å²) in [7, 11) is 0. The molecule has 0 bridgehead atoms. The summed E-state index contributed by atoms with van der Waals surface area (Å²) in [6, 6.07) is 3.83. The van der Waals surface area contributed by atoms with Crippen molar-refractivity contribution in [2.24, 2.45) is 0 Å². The summed E-state index contributed by atoms with van der Waals surface area (Å²) in [5, 5.41) is 8.41. The Kier molecular flexibility index (Phi) is 3.48. The van der Waals surface area contributed by atoms with Crippen molar-refractivity contribution in [2.45, 2.75) is 12.8 Å². The van der Waals surface area contributed by atoms with E-state index in [1.807, 2.05) is 18.2 Å². The summed E-state index contributed by atoms with van der Waals surface area (Å²) in [6.45, 7) is 0.123. The maximum absolute atomic E-state index is 8.41. The van der Waals surface area contributed by atoms with E-state index in [1.165, 1.54) is 0 Å². The van der Waals surface area contributed by atoms with Crippen LogP contribution in [0.1, 0.15) is 12.2 Å². The number of aliphatic hydroxyl groups is 1. The lowest BCUT2D eigenvalue weighted by Crippen LogP contribution is -1.78. The van der Waals surface area contributed by atoms with Crippen LogP contribution < -0.4 is 0 Å². The number of aliphatic hydroxyl groups excluding tert-OH is 1. The Balaban J connectivity index is 2.19. The number of hydrogen-bond donors (Lipinski definition) is 1. The highest BCUT2D eigenvalue weighted by molar-refractivity contribution is 4.99. The van der Waals surface area contributed by atoms with Gasteiger partial charge in [0.1, 0.15) is 5.76 Å². The molecule has 1 heterocycles. The highest BCUT2D eigenvalue weighted by Crippen LogP contribution is 2.03. The highest BCUT2D eigenvalue weighted by Gasteiger charge is 1.90. The van der Waals surface area contributed by atoms with Gasteiger partial charge in [0, 0.05) is 6.42 Å². The van der Waals surface area contributed by atoms with Gasteiger partial charge in [-0.2, -0.15) is 0 Å². The van der Waals surface area contributed by atoms with E-state index in [9.17, 15) is 0 Å². The molecule has 0 aliphatic rings. The second kappa shape index (κ2) is 4.74. The lowest BCUT2D eigenvalue weighted by molar-refractivity contribution is 0.342. The number of allylic oxidation sites excluding steroid dienone is 1. The third kappa shape index (κ3) is 3.05. The Morgan fingerprint density at radius 1 is 1.45 bits per heavy atom. The van der Waals surface area contributed by atoms with E-state index < -0.39 is 0 Å². The summed E-state index contributed by atoms with van der Waals surface area (Å²) >= 11 is 0. The maximum Gasteiger partial charge on any atom is 0.104 e. The minimum Gasteiger partial charge on any atom is -0.469 e. The van der Waals surface area contributed by atoms with Crippen LogP contribution in [-0.4, -0.2) is 11.7 Å². The topological polar surface area (TPSA) is 33.4 Å². The lowest BCUT2D eigenvalue weighted by atomic mass is 10.2. The van der Waals surface area contributed by atoms with Gasteiger partial charge in [-0.3, -0.25) is 0 Å². The van der Waals surface area contributed by atoms with E-state index >= 15 is 0 Å². The molecule has 0 aliphatic carbocycles. The zero-order valence-electron chi connectivity index (χ0n) is 6.36. The monoisotopic (exact) mass is 152 g/mol. The van der Waals surface area contributed by atoms with Crippen molar-refractivity contribution < 1.29 is 9.52 Å². The summed E-state index contributed by atoms with van der Waals surface area (Å²) in [5.41, 5.74) is 0. The van der Waals surface area contributed by atoms with E-state index in [1.54, 1.807) is 12.3 Å². The van der Waals surface area contributed by atoms with Gasteiger partial charge >= 0.3 is 0 Å². The molecule has 1 aromatic heterocycles. The normalized spacial score (nSPS) is 11.0. The second-order valence-electron chi connectivity index (χ2n) is 2.27. The zero-order chi connectivity index (χ0) is 7.94. The van der Waals surface area contributed by atoms with Crippen LogP contribution in [0.25, 0.3) is 0 Å². The standard InChI is InChI=1S/C9H12O2/c10-7-3-1-2-5-9-6-4-8-11-9/h1,3-4,6,8,10H,2,5,7H2/b3-1+. The molecule has 1 rings (SSSR count). The van der Waals surface area contributed by atoms with E-state index in [0.717, 1.165) is 18.6 Å². The van der Waals surface area contributed by atoms with Crippen LogP contribution >= 0.6 is 0 Å². The fraction of sp³-hybridized carbons (Fsp3) is 0.333. The quantitative estimate of drug-likeness (QED) is 0.667. The van der Waals surface area contributed by atoms with Gasteiger partial charge in [0.2, 0.25) is 0 Å². The van der Waals surface area contributed by atoms with Crippen LogP contribution in [0, 0.1) is 0 Å². The van der Waals surface area contributed by atoms with Gasteiger partial charge in [0.25, 0.3) is 0 Å². The first-order valence-corrected chi connectivity index (χ1v) is 3.71.